The number of hydrogen-bond donors (Lipinski definition) is 1. The Morgan fingerprint density at radius 1 is 1.28 bits per heavy atom. The number of ether oxygens (including phenoxy) is 1. The van der Waals surface area contributed by atoms with Gasteiger partial charge in [-0.2, -0.15) is 0 Å². The topological polar surface area (TPSA) is 68.3 Å². The van der Waals surface area contributed by atoms with Crippen molar-refractivity contribution in [2.45, 2.75) is 20.3 Å². The second-order valence-electron chi connectivity index (χ2n) is 5.78. The summed E-state index contributed by atoms with van der Waals surface area (Å²) < 4.78 is 4.96. The minimum Gasteiger partial charge on any atom is -0.455 e. The largest absolute Gasteiger partial charge is 0.455 e. The van der Waals surface area contributed by atoms with E-state index in [0.29, 0.717) is 38.8 Å². The Kier molecular flexibility index (Phi) is 7.23. The molecule has 0 aliphatic carbocycles. The molecule has 0 aliphatic heterocycles. The van der Waals surface area contributed by atoms with Gasteiger partial charge in [0.2, 0.25) is 0 Å². The van der Waals surface area contributed by atoms with E-state index >= 15 is 0 Å². The molecule has 1 aromatic carbocycles. The number of benzene rings is 1. The zero-order chi connectivity index (χ0) is 18.4. The van der Waals surface area contributed by atoms with Crippen LogP contribution in [0.25, 0.3) is 10.6 Å². The second-order valence-corrected chi connectivity index (χ2v) is 7.45. The van der Waals surface area contributed by atoms with Crippen molar-refractivity contribution in [3.63, 3.8) is 0 Å². The maximum atomic E-state index is 11.8. The fourth-order valence-corrected chi connectivity index (χ4v) is 3.50. The first-order chi connectivity index (χ1) is 11.9. The van der Waals surface area contributed by atoms with Crippen LogP contribution in [0.1, 0.15) is 19.5 Å². The molecule has 0 unspecified atom stereocenters. The number of hydrogen-bond acceptors (Lipinski definition) is 5. The van der Waals surface area contributed by atoms with E-state index in [1.165, 1.54) is 11.3 Å². The molecule has 0 spiro atoms. The summed E-state index contributed by atoms with van der Waals surface area (Å²) in [6.45, 7) is 4.22. The molecule has 1 heterocycles. The van der Waals surface area contributed by atoms with Crippen LogP contribution in [0.2, 0.25) is 10.0 Å². The zero-order valence-electron chi connectivity index (χ0n) is 13.8. The van der Waals surface area contributed by atoms with E-state index in [1.807, 2.05) is 13.8 Å². The van der Waals surface area contributed by atoms with Crippen molar-refractivity contribution in [2.75, 3.05) is 13.2 Å². The normalized spacial score (nSPS) is 10.8. The Labute approximate surface area is 160 Å². The summed E-state index contributed by atoms with van der Waals surface area (Å²) in [6, 6.07) is 5.21. The van der Waals surface area contributed by atoms with Crippen molar-refractivity contribution in [3.8, 4) is 10.6 Å². The number of thiazole rings is 1. The first-order valence-electron chi connectivity index (χ1n) is 7.68. The van der Waals surface area contributed by atoms with Crippen LogP contribution in [0.4, 0.5) is 0 Å². The maximum Gasteiger partial charge on any atom is 0.312 e. The molecular weight excluding hydrogens is 383 g/mol. The Hall–Kier alpha value is -1.63. The number of carbonyl (C=O) groups excluding carboxylic acids is 2. The van der Waals surface area contributed by atoms with E-state index in [4.69, 9.17) is 27.9 Å². The van der Waals surface area contributed by atoms with Crippen LogP contribution in [-0.2, 0) is 20.7 Å². The molecule has 0 saturated carbocycles. The summed E-state index contributed by atoms with van der Waals surface area (Å²) in [5.41, 5.74) is 1.19. The molecule has 8 heteroatoms. The summed E-state index contributed by atoms with van der Waals surface area (Å²) in [6.07, 6.45) is -0.0178. The highest BCUT2D eigenvalue weighted by Crippen LogP contribution is 2.36. The molecule has 0 radical (unpaired) electrons. The van der Waals surface area contributed by atoms with Gasteiger partial charge in [0.25, 0.3) is 5.91 Å². The maximum absolute atomic E-state index is 11.8. The molecule has 0 fully saturated rings. The number of rotatable bonds is 7. The predicted molar refractivity (Wildman–Crippen MR) is 100 cm³/mol. The first kappa shape index (κ1) is 19.7. The van der Waals surface area contributed by atoms with Gasteiger partial charge in [-0.15, -0.1) is 11.3 Å². The van der Waals surface area contributed by atoms with Crippen molar-refractivity contribution >= 4 is 46.4 Å². The first-order valence-corrected chi connectivity index (χ1v) is 9.31. The number of nitrogens with zero attached hydrogens (tertiary/aromatic N) is 1. The molecule has 0 aliphatic rings. The fraction of sp³-hybridized carbons (Fsp3) is 0.353. The Balaban J connectivity index is 1.91. The SMILES string of the molecule is CC(C)CNC(=O)COC(=O)Cc1csc(-c2c(Cl)cccc2Cl)n1. The van der Waals surface area contributed by atoms with Crippen molar-refractivity contribution in [3.05, 3.63) is 39.3 Å². The fourth-order valence-electron chi connectivity index (χ4n) is 1.92. The van der Waals surface area contributed by atoms with Gasteiger partial charge in [-0.1, -0.05) is 43.1 Å². The van der Waals surface area contributed by atoms with Gasteiger partial charge < -0.3 is 10.1 Å². The summed E-state index contributed by atoms with van der Waals surface area (Å²) in [5.74, 6) is -0.490. The van der Waals surface area contributed by atoms with E-state index in [2.05, 4.69) is 10.3 Å². The van der Waals surface area contributed by atoms with Crippen LogP contribution in [-0.4, -0.2) is 30.0 Å². The van der Waals surface area contributed by atoms with Crippen molar-refractivity contribution in [1.29, 1.82) is 0 Å². The summed E-state index contributed by atoms with van der Waals surface area (Å²) in [5, 5.41) is 6.05. The van der Waals surface area contributed by atoms with E-state index in [0.717, 1.165) is 0 Å². The third-order valence-electron chi connectivity index (χ3n) is 3.13. The van der Waals surface area contributed by atoms with Gasteiger partial charge in [-0.05, 0) is 18.1 Å². The number of halogens is 2. The van der Waals surface area contributed by atoms with Gasteiger partial charge in [0.15, 0.2) is 6.61 Å². The van der Waals surface area contributed by atoms with Crippen LogP contribution in [0.3, 0.4) is 0 Å². The number of amides is 1. The summed E-state index contributed by atoms with van der Waals surface area (Å²) in [4.78, 5) is 27.8. The van der Waals surface area contributed by atoms with Gasteiger partial charge in [0.05, 0.1) is 22.2 Å². The minimum atomic E-state index is -0.512. The highest BCUT2D eigenvalue weighted by Gasteiger charge is 2.15. The molecule has 0 bridgehead atoms. The van der Waals surface area contributed by atoms with Crippen LogP contribution in [0, 0.1) is 5.92 Å². The molecule has 2 rings (SSSR count). The van der Waals surface area contributed by atoms with Crippen LogP contribution in [0.5, 0.6) is 0 Å². The van der Waals surface area contributed by atoms with E-state index in [9.17, 15) is 9.59 Å². The second kappa shape index (κ2) is 9.17. The molecule has 0 saturated heterocycles. The molecule has 0 atom stereocenters. The number of aromatic nitrogens is 1. The molecular formula is C17H18Cl2N2O3S. The minimum absolute atomic E-state index is 0.0178. The Bertz CT molecular complexity index is 742. The third kappa shape index (κ3) is 5.99. The van der Waals surface area contributed by atoms with Gasteiger partial charge >= 0.3 is 5.97 Å². The quantitative estimate of drug-likeness (QED) is 0.713. The van der Waals surface area contributed by atoms with Crippen LogP contribution >= 0.6 is 34.5 Å². The van der Waals surface area contributed by atoms with Crippen molar-refractivity contribution in [2.24, 2.45) is 5.92 Å². The van der Waals surface area contributed by atoms with E-state index in [-0.39, 0.29) is 18.9 Å². The van der Waals surface area contributed by atoms with Gasteiger partial charge in [0.1, 0.15) is 5.01 Å². The Morgan fingerprint density at radius 3 is 2.60 bits per heavy atom. The number of nitrogens with one attached hydrogen (secondary N) is 1. The van der Waals surface area contributed by atoms with E-state index < -0.39 is 5.97 Å². The molecule has 134 valence electrons. The van der Waals surface area contributed by atoms with E-state index in [1.54, 1.807) is 23.6 Å². The lowest BCUT2D eigenvalue weighted by Gasteiger charge is -2.07. The molecule has 1 amide bonds. The summed E-state index contributed by atoms with van der Waals surface area (Å²) >= 11 is 13.7. The van der Waals surface area contributed by atoms with Crippen molar-refractivity contribution in [1.82, 2.24) is 10.3 Å². The van der Waals surface area contributed by atoms with Crippen LogP contribution < -0.4 is 5.32 Å². The third-order valence-corrected chi connectivity index (χ3v) is 4.66. The van der Waals surface area contributed by atoms with Gasteiger partial charge in [0, 0.05) is 17.5 Å². The smallest absolute Gasteiger partial charge is 0.312 e. The summed E-state index contributed by atoms with van der Waals surface area (Å²) in [7, 11) is 0. The molecule has 5 nitrogen and oxygen atoms in total. The zero-order valence-corrected chi connectivity index (χ0v) is 16.2. The lowest BCUT2D eigenvalue weighted by Crippen LogP contribution is -2.31. The highest BCUT2D eigenvalue weighted by molar-refractivity contribution is 7.13. The average molecular weight is 401 g/mol. The van der Waals surface area contributed by atoms with Crippen LogP contribution in [0.15, 0.2) is 23.6 Å². The average Bonchev–Trinajstić information content (AvgIpc) is 2.98. The van der Waals surface area contributed by atoms with Gasteiger partial charge in [-0.25, -0.2) is 4.98 Å². The standard InChI is InChI=1S/C17H18Cl2N2O3S/c1-10(2)7-20-14(22)8-24-15(23)6-11-9-25-17(21-11)16-12(18)4-3-5-13(16)19/h3-5,9-10H,6-8H2,1-2H3,(H,20,22). The monoisotopic (exact) mass is 400 g/mol. The number of carbonyl (C=O) groups is 2. The molecule has 1 N–H and O–H groups in total. The van der Waals surface area contributed by atoms with Crippen molar-refractivity contribution < 1.29 is 14.3 Å². The molecule has 25 heavy (non-hydrogen) atoms. The highest BCUT2D eigenvalue weighted by atomic mass is 35.5. The lowest BCUT2D eigenvalue weighted by molar-refractivity contribution is -0.147. The predicted octanol–water partition coefficient (Wildman–Crippen LogP) is 3.97. The molecule has 2 aromatic rings. The number of esters is 1. The van der Waals surface area contributed by atoms with Gasteiger partial charge in [-0.3, -0.25) is 9.59 Å². The lowest BCUT2D eigenvalue weighted by atomic mass is 10.2. The molecule has 1 aromatic heterocycles. The Morgan fingerprint density at radius 2 is 1.96 bits per heavy atom.